The van der Waals surface area contributed by atoms with Crippen molar-refractivity contribution < 1.29 is 19.4 Å². The summed E-state index contributed by atoms with van der Waals surface area (Å²) in [7, 11) is 0. The lowest BCUT2D eigenvalue weighted by molar-refractivity contribution is -0.146. The zero-order valence-electron chi connectivity index (χ0n) is 11.9. The van der Waals surface area contributed by atoms with Crippen molar-refractivity contribution in [2.45, 2.75) is 25.3 Å². The van der Waals surface area contributed by atoms with Gasteiger partial charge in [-0.05, 0) is 30.7 Å². The van der Waals surface area contributed by atoms with Gasteiger partial charge in [0, 0.05) is 5.75 Å². The molecule has 0 radical (unpaired) electrons. The molecule has 2 N–H and O–H groups in total. The maximum absolute atomic E-state index is 11.9. The molecule has 1 aromatic rings. The number of carbonyl (C=O) groups excluding carboxylic acids is 1. The first-order valence-corrected chi connectivity index (χ1v) is 7.99. The Morgan fingerprint density at radius 1 is 1.43 bits per heavy atom. The lowest BCUT2D eigenvalue weighted by Crippen LogP contribution is -2.54. The number of hydrogen-bond acceptors (Lipinski definition) is 4. The van der Waals surface area contributed by atoms with E-state index in [9.17, 15) is 14.7 Å². The molecule has 6 heteroatoms. The third kappa shape index (κ3) is 3.91. The van der Waals surface area contributed by atoms with E-state index in [0.717, 1.165) is 17.1 Å². The molecule has 2 rings (SSSR count). The number of ether oxygens (including phenoxy) is 1. The number of carboxylic acid groups (broad SMARTS) is 1. The largest absolute Gasteiger partial charge is 0.493 e. The number of benzene rings is 1. The summed E-state index contributed by atoms with van der Waals surface area (Å²) in [6.07, 6.45) is 0.616. The zero-order valence-corrected chi connectivity index (χ0v) is 12.7. The van der Waals surface area contributed by atoms with Crippen LogP contribution >= 0.6 is 11.8 Å². The smallest absolute Gasteiger partial charge is 0.330 e. The number of carboxylic acids is 1. The maximum atomic E-state index is 11.9. The molecule has 1 fully saturated rings. The molecule has 0 bridgehead atoms. The molecule has 1 aliphatic heterocycles. The predicted octanol–water partition coefficient (Wildman–Crippen LogP) is 1.84. The van der Waals surface area contributed by atoms with Crippen LogP contribution in [0.15, 0.2) is 24.3 Å². The summed E-state index contributed by atoms with van der Waals surface area (Å²) in [6, 6.07) is 7.57. The minimum atomic E-state index is -1.11. The van der Waals surface area contributed by atoms with Gasteiger partial charge in [0.05, 0.1) is 13.0 Å². The first-order chi connectivity index (χ1) is 10.0. The molecule has 1 atom stereocenters. The van der Waals surface area contributed by atoms with Crippen molar-refractivity contribution in [1.29, 1.82) is 0 Å². The van der Waals surface area contributed by atoms with E-state index in [1.54, 1.807) is 11.8 Å². The molecule has 1 unspecified atom stereocenters. The van der Waals surface area contributed by atoms with E-state index in [4.69, 9.17) is 4.74 Å². The molecule has 0 saturated carbocycles. The summed E-state index contributed by atoms with van der Waals surface area (Å²) in [4.78, 5) is 23.3. The van der Waals surface area contributed by atoms with E-state index in [0.29, 0.717) is 12.2 Å². The second-order valence-electron chi connectivity index (χ2n) is 5.10. The Balaban J connectivity index is 1.82. The van der Waals surface area contributed by atoms with Crippen LogP contribution in [0.25, 0.3) is 0 Å². The summed E-state index contributed by atoms with van der Waals surface area (Å²) in [6.45, 7) is 2.17. The fourth-order valence-corrected chi connectivity index (χ4v) is 3.51. The summed E-state index contributed by atoms with van der Waals surface area (Å²) < 4.78 is 5.55. The number of aliphatic carboxylic acids is 1. The molecular weight excluding hydrogens is 290 g/mol. The molecule has 1 aromatic carbocycles. The van der Waals surface area contributed by atoms with Crippen molar-refractivity contribution in [1.82, 2.24) is 5.32 Å². The molecule has 1 aliphatic rings. The monoisotopic (exact) mass is 309 g/mol. The second-order valence-corrected chi connectivity index (χ2v) is 6.21. The minimum Gasteiger partial charge on any atom is -0.493 e. The van der Waals surface area contributed by atoms with Gasteiger partial charge < -0.3 is 15.2 Å². The van der Waals surface area contributed by atoms with Crippen LogP contribution in [-0.4, -0.2) is 40.6 Å². The first-order valence-electron chi connectivity index (χ1n) is 6.84. The highest BCUT2D eigenvalue weighted by Gasteiger charge is 2.43. The van der Waals surface area contributed by atoms with Crippen LogP contribution in [0.2, 0.25) is 0 Å². The average Bonchev–Trinajstić information content (AvgIpc) is 2.91. The predicted molar refractivity (Wildman–Crippen MR) is 81.7 cm³/mol. The lowest BCUT2D eigenvalue weighted by Gasteiger charge is -2.24. The van der Waals surface area contributed by atoms with E-state index < -0.39 is 11.5 Å². The van der Waals surface area contributed by atoms with Crippen molar-refractivity contribution in [3.05, 3.63) is 29.8 Å². The Bertz CT molecular complexity index is 526. The van der Waals surface area contributed by atoms with Gasteiger partial charge in [0.1, 0.15) is 11.3 Å². The van der Waals surface area contributed by atoms with Gasteiger partial charge in [-0.15, -0.1) is 0 Å². The molecule has 0 spiro atoms. The molecule has 114 valence electrons. The van der Waals surface area contributed by atoms with Gasteiger partial charge >= 0.3 is 5.97 Å². The van der Waals surface area contributed by atoms with Crippen molar-refractivity contribution >= 4 is 23.6 Å². The quantitative estimate of drug-likeness (QED) is 0.838. The number of carbonyl (C=O) groups is 2. The number of para-hydroxylation sites is 1. The number of thioether (sulfide) groups is 1. The number of aryl methyl sites for hydroxylation is 1. The Labute approximate surface area is 128 Å². The van der Waals surface area contributed by atoms with Crippen LogP contribution < -0.4 is 10.1 Å². The van der Waals surface area contributed by atoms with Crippen LogP contribution in [0.4, 0.5) is 0 Å². The molecule has 5 nitrogen and oxygen atoms in total. The van der Waals surface area contributed by atoms with E-state index in [-0.39, 0.29) is 18.9 Å². The molecular formula is C15H19NO4S. The standard InChI is InChI=1S/C15H19NO4S/c1-11-4-2-3-5-12(11)20-8-6-13(17)16-15(14(18)19)7-9-21-10-15/h2-5H,6-10H2,1H3,(H,16,17)(H,18,19). The zero-order chi connectivity index (χ0) is 15.3. The normalized spacial score (nSPS) is 21.0. The van der Waals surface area contributed by atoms with Gasteiger partial charge in [-0.2, -0.15) is 11.8 Å². The van der Waals surface area contributed by atoms with Crippen molar-refractivity contribution in [3.8, 4) is 5.75 Å². The van der Waals surface area contributed by atoms with E-state index in [1.165, 1.54) is 0 Å². The number of rotatable bonds is 6. The summed E-state index contributed by atoms with van der Waals surface area (Å²) in [5.74, 6) is 0.683. The molecule has 1 amide bonds. The third-order valence-electron chi connectivity index (χ3n) is 3.49. The van der Waals surface area contributed by atoms with Gasteiger partial charge in [0.25, 0.3) is 0 Å². The van der Waals surface area contributed by atoms with Crippen molar-refractivity contribution in [2.24, 2.45) is 0 Å². The van der Waals surface area contributed by atoms with Gasteiger partial charge in [0.15, 0.2) is 0 Å². The highest BCUT2D eigenvalue weighted by Crippen LogP contribution is 2.28. The number of amides is 1. The molecule has 1 saturated heterocycles. The summed E-state index contributed by atoms with van der Waals surface area (Å²) in [5.41, 5.74) is -0.100. The molecule has 0 aliphatic carbocycles. The van der Waals surface area contributed by atoms with E-state index >= 15 is 0 Å². The average molecular weight is 309 g/mol. The Morgan fingerprint density at radius 2 is 2.19 bits per heavy atom. The molecule has 0 aromatic heterocycles. The van der Waals surface area contributed by atoms with E-state index in [2.05, 4.69) is 5.32 Å². The topological polar surface area (TPSA) is 75.6 Å². The fraction of sp³-hybridized carbons (Fsp3) is 0.467. The first kappa shape index (κ1) is 15.7. The van der Waals surface area contributed by atoms with Gasteiger partial charge in [-0.1, -0.05) is 18.2 Å². The number of hydrogen-bond donors (Lipinski definition) is 2. The summed E-state index contributed by atoms with van der Waals surface area (Å²) in [5, 5.41) is 11.9. The van der Waals surface area contributed by atoms with Gasteiger partial charge in [-0.25, -0.2) is 4.79 Å². The minimum absolute atomic E-state index is 0.147. The van der Waals surface area contributed by atoms with Crippen molar-refractivity contribution in [2.75, 3.05) is 18.1 Å². The highest BCUT2D eigenvalue weighted by atomic mass is 32.2. The SMILES string of the molecule is Cc1ccccc1OCCC(=O)NC1(C(=O)O)CCSC1. The molecule has 1 heterocycles. The third-order valence-corrected chi connectivity index (χ3v) is 4.68. The highest BCUT2D eigenvalue weighted by molar-refractivity contribution is 7.99. The maximum Gasteiger partial charge on any atom is 0.330 e. The number of nitrogens with one attached hydrogen (secondary N) is 1. The lowest BCUT2D eigenvalue weighted by atomic mass is 9.99. The van der Waals surface area contributed by atoms with Gasteiger partial charge in [-0.3, -0.25) is 4.79 Å². The second kappa shape index (κ2) is 6.85. The molecule has 21 heavy (non-hydrogen) atoms. The van der Waals surface area contributed by atoms with Crippen LogP contribution in [0.1, 0.15) is 18.4 Å². The Hall–Kier alpha value is -1.69. The van der Waals surface area contributed by atoms with Gasteiger partial charge in [0.2, 0.25) is 5.91 Å². The van der Waals surface area contributed by atoms with Crippen LogP contribution in [0.5, 0.6) is 5.75 Å². The van der Waals surface area contributed by atoms with Crippen LogP contribution in [0.3, 0.4) is 0 Å². The summed E-state index contributed by atoms with van der Waals surface area (Å²) >= 11 is 1.55. The van der Waals surface area contributed by atoms with E-state index in [1.807, 2.05) is 31.2 Å². The fourth-order valence-electron chi connectivity index (χ4n) is 2.19. The van der Waals surface area contributed by atoms with Crippen LogP contribution in [0, 0.1) is 6.92 Å². The Kier molecular flexibility index (Phi) is 5.12. The van der Waals surface area contributed by atoms with Crippen LogP contribution in [-0.2, 0) is 9.59 Å². The van der Waals surface area contributed by atoms with Crippen molar-refractivity contribution in [3.63, 3.8) is 0 Å². The Morgan fingerprint density at radius 3 is 2.81 bits per heavy atom.